The minimum Gasteiger partial charge on any atom is -0.476 e. The molecule has 0 aliphatic heterocycles. The van der Waals surface area contributed by atoms with Crippen molar-refractivity contribution in [1.82, 2.24) is 24.7 Å². The van der Waals surface area contributed by atoms with Crippen molar-refractivity contribution in [3.8, 4) is 5.69 Å². The third-order valence-corrected chi connectivity index (χ3v) is 8.82. The Balaban J connectivity index is 1.46. The molecule has 0 aliphatic rings. The van der Waals surface area contributed by atoms with Crippen LogP contribution in [0.15, 0.2) is 96.4 Å². The monoisotopic (exact) mass is 751 g/mol. The van der Waals surface area contributed by atoms with Crippen molar-refractivity contribution in [2.24, 2.45) is 10.2 Å². The lowest BCUT2D eigenvalue weighted by atomic mass is 10.3. The number of hydrogen-bond acceptors (Lipinski definition) is 15. The maximum atomic E-state index is 14.2. The van der Waals surface area contributed by atoms with E-state index in [-0.39, 0.29) is 17.1 Å². The lowest BCUT2D eigenvalue weighted by Gasteiger charge is -2.10. The predicted octanol–water partition coefficient (Wildman–Crippen LogP) is 2.83. The van der Waals surface area contributed by atoms with Gasteiger partial charge in [-0.3, -0.25) is 23.6 Å². The number of carboxylic acid groups (broad SMARTS) is 1. The van der Waals surface area contributed by atoms with Crippen LogP contribution in [0.3, 0.4) is 0 Å². The van der Waals surface area contributed by atoms with Crippen LogP contribution in [-0.2, 0) is 30.4 Å². The molecule has 21 nitrogen and oxygen atoms in total. The Morgan fingerprint density at radius 3 is 1.92 bits per heavy atom. The largest absolute Gasteiger partial charge is 0.476 e. The summed E-state index contributed by atoms with van der Waals surface area (Å²) in [7, 11) is -14.2. The summed E-state index contributed by atoms with van der Waals surface area (Å²) in [6, 6.07) is 11.6. The molecule has 50 heavy (non-hydrogen) atoms. The van der Waals surface area contributed by atoms with E-state index in [2.05, 4.69) is 40.9 Å². The van der Waals surface area contributed by atoms with E-state index in [9.17, 15) is 53.4 Å². The number of carbonyl (C=O) groups is 1. The van der Waals surface area contributed by atoms with Gasteiger partial charge < -0.3 is 15.7 Å². The van der Waals surface area contributed by atoms with Gasteiger partial charge >= 0.3 is 12.0 Å². The second-order valence-corrected chi connectivity index (χ2v) is 13.8. The Morgan fingerprint density at radius 2 is 1.36 bits per heavy atom. The summed E-state index contributed by atoms with van der Waals surface area (Å²) in [4.78, 5) is 33.7. The smallest absolute Gasteiger partial charge is 0.356 e. The summed E-state index contributed by atoms with van der Waals surface area (Å²) in [5, 5.41) is 24.0. The number of benzene rings is 3. The van der Waals surface area contributed by atoms with Gasteiger partial charge in [-0.1, -0.05) is 6.07 Å². The highest BCUT2D eigenvalue weighted by molar-refractivity contribution is 7.86. The van der Waals surface area contributed by atoms with Crippen molar-refractivity contribution in [1.29, 1.82) is 0 Å². The van der Waals surface area contributed by atoms with Gasteiger partial charge in [0.2, 0.25) is 11.9 Å². The van der Waals surface area contributed by atoms with Crippen LogP contribution >= 0.6 is 0 Å². The van der Waals surface area contributed by atoms with Crippen molar-refractivity contribution < 1.29 is 53.2 Å². The number of rotatable bonds is 11. The first-order valence-electron chi connectivity index (χ1n) is 13.0. The van der Waals surface area contributed by atoms with E-state index in [1.54, 1.807) is 0 Å². The molecule has 0 radical (unpaired) electrons. The highest BCUT2D eigenvalue weighted by atomic mass is 32.2. The van der Waals surface area contributed by atoms with E-state index >= 15 is 0 Å². The molecule has 5 aromatic rings. The average molecular weight is 752 g/mol. The summed E-state index contributed by atoms with van der Waals surface area (Å²) >= 11 is 0. The second kappa shape index (κ2) is 13.1. The number of halogens is 1. The molecular formula is C25H18FN9O12S3. The van der Waals surface area contributed by atoms with Crippen molar-refractivity contribution in [2.45, 2.75) is 14.7 Å². The number of azo groups is 1. The predicted molar refractivity (Wildman–Crippen MR) is 166 cm³/mol. The fourth-order valence-corrected chi connectivity index (χ4v) is 5.71. The number of hydrogen-bond donors (Lipinski definition) is 7. The zero-order valence-corrected chi connectivity index (χ0v) is 26.6. The molecule has 0 spiro atoms. The van der Waals surface area contributed by atoms with Gasteiger partial charge in [-0.25, -0.2) is 9.48 Å². The molecule has 25 heteroatoms. The van der Waals surface area contributed by atoms with Gasteiger partial charge in [0.15, 0.2) is 11.4 Å². The van der Waals surface area contributed by atoms with Crippen LogP contribution in [0, 0.1) is 6.08 Å². The minimum absolute atomic E-state index is 0.0235. The van der Waals surface area contributed by atoms with Gasteiger partial charge in [0, 0.05) is 11.4 Å². The number of nitrogens with zero attached hydrogens (tertiary/aromatic N) is 6. The van der Waals surface area contributed by atoms with Gasteiger partial charge in [-0.15, -0.1) is 10.2 Å². The Bertz CT molecular complexity index is 2590. The number of aromatic amines is 1. The van der Waals surface area contributed by atoms with Gasteiger partial charge in [0.25, 0.3) is 35.9 Å². The SMILES string of the molecule is O=C(O)c1[nH]n(-c2ccc(S(=O)(=O)O)cc2)c(=O)c1N=Nc1ccc(Nc2nc(F)nc(Nc3cccc(S(=O)(=O)O)c3)n2)cc1S(=O)(=O)O. The normalized spacial score (nSPS) is 12.2. The quantitative estimate of drug-likeness (QED) is 0.0753. The molecule has 0 unspecified atom stereocenters. The molecule has 7 N–H and O–H groups in total. The molecule has 0 amide bonds. The first-order valence-corrected chi connectivity index (χ1v) is 17.3. The van der Waals surface area contributed by atoms with Crippen molar-refractivity contribution in [2.75, 3.05) is 10.6 Å². The topological polar surface area (TPSA) is 326 Å². The van der Waals surface area contributed by atoms with Crippen LogP contribution in [0.5, 0.6) is 0 Å². The number of aromatic carboxylic acids is 1. The van der Waals surface area contributed by atoms with Crippen molar-refractivity contribution >= 4 is 71.0 Å². The molecule has 0 atom stereocenters. The molecule has 2 aromatic heterocycles. The fraction of sp³-hybridized carbons (Fsp3) is 0. The maximum absolute atomic E-state index is 14.2. The summed E-state index contributed by atoms with van der Waals surface area (Å²) in [6.07, 6.45) is -1.34. The van der Waals surface area contributed by atoms with E-state index in [0.717, 1.165) is 54.6 Å². The Hall–Kier alpha value is -5.99. The summed E-state index contributed by atoms with van der Waals surface area (Å²) in [5.74, 6) is -2.65. The van der Waals surface area contributed by atoms with Crippen LogP contribution in [0.4, 0.5) is 39.0 Å². The van der Waals surface area contributed by atoms with E-state index in [4.69, 9.17) is 4.55 Å². The van der Waals surface area contributed by atoms with E-state index < -0.39 is 91.6 Å². The van der Waals surface area contributed by atoms with Crippen molar-refractivity contribution in [3.05, 3.63) is 88.9 Å². The maximum Gasteiger partial charge on any atom is 0.356 e. The Morgan fingerprint density at radius 1 is 0.760 bits per heavy atom. The zero-order chi connectivity index (χ0) is 36.6. The third-order valence-electron chi connectivity index (χ3n) is 6.22. The molecule has 0 bridgehead atoms. The van der Waals surface area contributed by atoms with E-state index in [1.165, 1.54) is 12.1 Å². The summed E-state index contributed by atoms with van der Waals surface area (Å²) in [6.45, 7) is 0. The molecule has 0 fully saturated rings. The number of H-pyrrole nitrogens is 1. The molecule has 0 saturated heterocycles. The van der Waals surface area contributed by atoms with Gasteiger partial charge in [-0.2, -0.15) is 44.6 Å². The number of nitrogens with one attached hydrogen (secondary N) is 3. The van der Waals surface area contributed by atoms with Crippen LogP contribution in [0.25, 0.3) is 5.69 Å². The number of anilines is 4. The number of carboxylic acids is 1. The lowest BCUT2D eigenvalue weighted by molar-refractivity contribution is 0.0690. The van der Waals surface area contributed by atoms with Crippen LogP contribution in [0.1, 0.15) is 10.5 Å². The zero-order valence-electron chi connectivity index (χ0n) is 24.2. The van der Waals surface area contributed by atoms with Gasteiger partial charge in [-0.05, 0) is 60.7 Å². The van der Waals surface area contributed by atoms with Crippen LogP contribution in [0.2, 0.25) is 0 Å². The molecule has 5 rings (SSSR count). The Kier molecular flexibility index (Phi) is 9.28. The van der Waals surface area contributed by atoms with Crippen LogP contribution in [-0.4, -0.2) is 74.7 Å². The average Bonchev–Trinajstić information content (AvgIpc) is 3.35. The fourth-order valence-electron chi connectivity index (χ4n) is 4.06. The van der Waals surface area contributed by atoms with Gasteiger partial charge in [0.05, 0.1) is 15.5 Å². The lowest BCUT2D eigenvalue weighted by Crippen LogP contribution is -2.14. The summed E-state index contributed by atoms with van der Waals surface area (Å²) < 4.78 is 113. The minimum atomic E-state index is -5.10. The van der Waals surface area contributed by atoms with E-state index in [1.807, 2.05) is 0 Å². The van der Waals surface area contributed by atoms with Crippen molar-refractivity contribution in [3.63, 3.8) is 0 Å². The van der Waals surface area contributed by atoms with Crippen LogP contribution < -0.4 is 16.2 Å². The highest BCUT2D eigenvalue weighted by Crippen LogP contribution is 2.31. The first-order chi connectivity index (χ1) is 23.3. The standard InChI is InChI=1S/C25H18FN9O12S3/c26-23-29-24(27-12-2-1-3-16(10-12)49(42,43)44)31-25(30-23)28-13-4-9-17(18(11-13)50(45,46)47)32-33-19-20(22(37)38)34-35(21(19)36)14-5-7-15(8-6-14)48(39,40)41/h1-11,34H,(H,37,38)(H,39,40,41)(H,42,43,44)(H,45,46,47)(H2,27,28,29,30,31). The molecule has 260 valence electrons. The Labute approximate surface area is 278 Å². The second-order valence-electron chi connectivity index (χ2n) is 9.61. The van der Waals surface area contributed by atoms with E-state index in [0.29, 0.717) is 4.68 Å². The van der Waals surface area contributed by atoms with Gasteiger partial charge in [0.1, 0.15) is 10.6 Å². The molecule has 3 aromatic carbocycles. The number of aromatic nitrogens is 5. The first kappa shape index (κ1) is 35.3. The third kappa shape index (κ3) is 7.99. The highest BCUT2D eigenvalue weighted by Gasteiger charge is 2.23. The molecule has 0 saturated carbocycles. The summed E-state index contributed by atoms with van der Waals surface area (Å²) in [5.41, 5.74) is -3.59. The molecular weight excluding hydrogens is 734 g/mol. The molecule has 2 heterocycles. The molecule has 0 aliphatic carbocycles.